The van der Waals surface area contributed by atoms with Crippen molar-refractivity contribution in [1.29, 1.82) is 0 Å². The SMILES string of the molecule is CCCC1CCC(O)C(N2CCOCC2CC)C1. The molecule has 3 nitrogen and oxygen atoms in total. The van der Waals surface area contributed by atoms with Crippen molar-refractivity contribution in [3.8, 4) is 0 Å². The summed E-state index contributed by atoms with van der Waals surface area (Å²) < 4.78 is 5.58. The third kappa shape index (κ3) is 3.25. The van der Waals surface area contributed by atoms with E-state index in [1.54, 1.807) is 0 Å². The van der Waals surface area contributed by atoms with Gasteiger partial charge in [0, 0.05) is 18.6 Å². The van der Waals surface area contributed by atoms with Gasteiger partial charge in [-0.25, -0.2) is 0 Å². The third-order valence-electron chi connectivity index (χ3n) is 4.76. The standard InChI is InChI=1S/C15H29NO2/c1-3-5-12-6-7-15(17)14(10-12)16-8-9-18-11-13(16)4-2/h12-15,17H,3-11H2,1-2H3. The van der Waals surface area contributed by atoms with Crippen LogP contribution in [-0.4, -0.2) is 48.0 Å². The number of rotatable bonds is 4. The molecule has 0 bridgehead atoms. The van der Waals surface area contributed by atoms with Crippen LogP contribution in [-0.2, 0) is 4.74 Å². The maximum atomic E-state index is 10.3. The van der Waals surface area contributed by atoms with Crippen molar-refractivity contribution >= 4 is 0 Å². The van der Waals surface area contributed by atoms with Crippen molar-refractivity contribution < 1.29 is 9.84 Å². The molecule has 3 heteroatoms. The van der Waals surface area contributed by atoms with Gasteiger partial charge < -0.3 is 9.84 Å². The van der Waals surface area contributed by atoms with Crippen LogP contribution >= 0.6 is 0 Å². The first-order valence-corrected chi connectivity index (χ1v) is 7.77. The fourth-order valence-corrected chi connectivity index (χ4v) is 3.70. The van der Waals surface area contributed by atoms with Gasteiger partial charge in [-0.05, 0) is 31.6 Å². The molecule has 0 aromatic rings. The lowest BCUT2D eigenvalue weighted by Gasteiger charge is -2.46. The molecule has 4 unspecified atom stereocenters. The molecule has 1 N–H and O–H groups in total. The minimum atomic E-state index is -0.120. The number of hydrogen-bond donors (Lipinski definition) is 1. The highest BCUT2D eigenvalue weighted by atomic mass is 16.5. The molecule has 1 saturated heterocycles. The van der Waals surface area contributed by atoms with Gasteiger partial charge >= 0.3 is 0 Å². The Morgan fingerprint density at radius 1 is 1.28 bits per heavy atom. The lowest BCUT2D eigenvalue weighted by molar-refractivity contribution is -0.0784. The number of nitrogens with zero attached hydrogens (tertiary/aromatic N) is 1. The molecule has 0 aromatic carbocycles. The Labute approximate surface area is 112 Å². The number of aliphatic hydroxyl groups is 1. The largest absolute Gasteiger partial charge is 0.391 e. The first-order chi connectivity index (χ1) is 8.76. The van der Waals surface area contributed by atoms with Gasteiger partial charge in [0.15, 0.2) is 0 Å². The van der Waals surface area contributed by atoms with Crippen molar-refractivity contribution in [2.45, 2.75) is 70.6 Å². The van der Waals surface area contributed by atoms with Crippen molar-refractivity contribution in [3.63, 3.8) is 0 Å². The van der Waals surface area contributed by atoms with Gasteiger partial charge in [-0.15, -0.1) is 0 Å². The average Bonchev–Trinajstić information content (AvgIpc) is 2.41. The molecule has 2 rings (SSSR count). The Hall–Kier alpha value is -0.120. The molecule has 0 radical (unpaired) electrons. The lowest BCUT2D eigenvalue weighted by atomic mass is 9.80. The summed E-state index contributed by atoms with van der Waals surface area (Å²) in [6.45, 7) is 7.17. The highest BCUT2D eigenvalue weighted by Gasteiger charge is 2.36. The summed E-state index contributed by atoms with van der Waals surface area (Å²) in [5.41, 5.74) is 0. The second-order valence-corrected chi connectivity index (χ2v) is 5.98. The fourth-order valence-electron chi connectivity index (χ4n) is 3.70. The molecule has 18 heavy (non-hydrogen) atoms. The number of morpholine rings is 1. The zero-order valence-corrected chi connectivity index (χ0v) is 12.0. The minimum Gasteiger partial charge on any atom is -0.391 e. The van der Waals surface area contributed by atoms with Crippen molar-refractivity contribution in [3.05, 3.63) is 0 Å². The van der Waals surface area contributed by atoms with Gasteiger partial charge in [-0.3, -0.25) is 4.90 Å². The Balaban J connectivity index is 1.99. The molecule has 1 aliphatic heterocycles. The summed E-state index contributed by atoms with van der Waals surface area (Å²) in [7, 11) is 0. The van der Waals surface area contributed by atoms with Crippen LogP contribution in [0.25, 0.3) is 0 Å². The van der Waals surface area contributed by atoms with Gasteiger partial charge in [0.05, 0.1) is 19.3 Å². The van der Waals surface area contributed by atoms with E-state index in [4.69, 9.17) is 4.74 Å². The second-order valence-electron chi connectivity index (χ2n) is 5.98. The summed E-state index contributed by atoms with van der Waals surface area (Å²) >= 11 is 0. The van der Waals surface area contributed by atoms with Crippen LogP contribution in [0.1, 0.15) is 52.4 Å². The van der Waals surface area contributed by atoms with E-state index in [2.05, 4.69) is 18.7 Å². The van der Waals surface area contributed by atoms with Crippen LogP contribution in [0, 0.1) is 5.92 Å². The maximum absolute atomic E-state index is 10.3. The molecule has 1 heterocycles. The smallest absolute Gasteiger partial charge is 0.0695 e. The molecule has 0 amide bonds. The minimum absolute atomic E-state index is 0.120. The summed E-state index contributed by atoms with van der Waals surface area (Å²) in [5.74, 6) is 0.823. The van der Waals surface area contributed by atoms with E-state index in [1.807, 2.05) is 0 Å². The van der Waals surface area contributed by atoms with Crippen molar-refractivity contribution in [2.75, 3.05) is 19.8 Å². The summed E-state index contributed by atoms with van der Waals surface area (Å²) in [6.07, 6.45) is 6.99. The first-order valence-electron chi connectivity index (χ1n) is 7.77. The predicted molar refractivity (Wildman–Crippen MR) is 73.6 cm³/mol. The third-order valence-corrected chi connectivity index (χ3v) is 4.76. The molecule has 0 spiro atoms. The van der Waals surface area contributed by atoms with Crippen LogP contribution in [0.5, 0.6) is 0 Å². The second kappa shape index (κ2) is 6.88. The fraction of sp³-hybridized carbons (Fsp3) is 1.00. The molecular formula is C15H29NO2. The van der Waals surface area contributed by atoms with E-state index in [0.717, 1.165) is 38.5 Å². The quantitative estimate of drug-likeness (QED) is 0.837. The van der Waals surface area contributed by atoms with Crippen LogP contribution < -0.4 is 0 Å². The average molecular weight is 255 g/mol. The Kier molecular flexibility index (Phi) is 5.46. The van der Waals surface area contributed by atoms with Gasteiger partial charge in [0.1, 0.15) is 0 Å². The Morgan fingerprint density at radius 3 is 2.83 bits per heavy atom. The molecule has 0 aromatic heterocycles. The van der Waals surface area contributed by atoms with Crippen LogP contribution in [0.2, 0.25) is 0 Å². The lowest BCUT2D eigenvalue weighted by Crippen LogP contribution is -2.56. The van der Waals surface area contributed by atoms with E-state index in [0.29, 0.717) is 12.1 Å². The van der Waals surface area contributed by atoms with Gasteiger partial charge in [-0.1, -0.05) is 26.7 Å². The van der Waals surface area contributed by atoms with E-state index < -0.39 is 0 Å². The summed E-state index contributed by atoms with van der Waals surface area (Å²) in [6, 6.07) is 0.892. The van der Waals surface area contributed by atoms with Crippen LogP contribution in [0.4, 0.5) is 0 Å². The topological polar surface area (TPSA) is 32.7 Å². The van der Waals surface area contributed by atoms with Gasteiger partial charge in [0.25, 0.3) is 0 Å². The van der Waals surface area contributed by atoms with Crippen molar-refractivity contribution in [1.82, 2.24) is 4.90 Å². The highest BCUT2D eigenvalue weighted by molar-refractivity contribution is 4.90. The van der Waals surface area contributed by atoms with Crippen LogP contribution in [0.15, 0.2) is 0 Å². The van der Waals surface area contributed by atoms with E-state index in [9.17, 15) is 5.11 Å². The normalized spacial score (nSPS) is 38.8. The molecule has 2 fully saturated rings. The van der Waals surface area contributed by atoms with Gasteiger partial charge in [0.2, 0.25) is 0 Å². The van der Waals surface area contributed by atoms with E-state index in [-0.39, 0.29) is 6.10 Å². The molecular weight excluding hydrogens is 226 g/mol. The predicted octanol–water partition coefficient (Wildman–Crippen LogP) is 2.43. The monoisotopic (exact) mass is 255 g/mol. The van der Waals surface area contributed by atoms with Gasteiger partial charge in [-0.2, -0.15) is 0 Å². The summed E-state index contributed by atoms with van der Waals surface area (Å²) in [5, 5.41) is 10.3. The number of hydrogen-bond acceptors (Lipinski definition) is 3. The summed E-state index contributed by atoms with van der Waals surface area (Å²) in [4.78, 5) is 2.54. The zero-order chi connectivity index (χ0) is 13.0. The molecule has 4 atom stereocenters. The van der Waals surface area contributed by atoms with E-state index >= 15 is 0 Å². The van der Waals surface area contributed by atoms with Crippen LogP contribution in [0.3, 0.4) is 0 Å². The van der Waals surface area contributed by atoms with E-state index in [1.165, 1.54) is 25.7 Å². The zero-order valence-electron chi connectivity index (χ0n) is 12.0. The Bertz CT molecular complexity index is 247. The van der Waals surface area contributed by atoms with Crippen molar-refractivity contribution in [2.24, 2.45) is 5.92 Å². The first kappa shape index (κ1) is 14.3. The molecule has 1 saturated carbocycles. The number of ether oxygens (including phenoxy) is 1. The molecule has 1 aliphatic carbocycles. The molecule has 2 aliphatic rings. The highest BCUT2D eigenvalue weighted by Crippen LogP contribution is 2.32. The Morgan fingerprint density at radius 2 is 2.11 bits per heavy atom. The maximum Gasteiger partial charge on any atom is 0.0695 e. The molecule has 106 valence electrons. The number of aliphatic hydroxyl groups excluding tert-OH is 1.